The first kappa shape index (κ1) is 21.6. The number of aromatic amines is 1. The van der Waals surface area contributed by atoms with E-state index < -0.39 is 5.97 Å². The Labute approximate surface area is 178 Å². The van der Waals surface area contributed by atoms with E-state index >= 15 is 0 Å². The fraction of sp³-hybridized carbons (Fsp3) is 0.238. The van der Waals surface area contributed by atoms with Gasteiger partial charge in [-0.15, -0.1) is 0 Å². The number of ether oxygens (including phenoxy) is 4. The third-order valence-corrected chi connectivity index (χ3v) is 4.23. The van der Waals surface area contributed by atoms with Gasteiger partial charge in [-0.05, 0) is 19.1 Å². The van der Waals surface area contributed by atoms with Crippen molar-refractivity contribution in [3.63, 3.8) is 0 Å². The fourth-order valence-electron chi connectivity index (χ4n) is 2.96. The quantitative estimate of drug-likeness (QED) is 0.415. The minimum atomic E-state index is -0.666. The lowest BCUT2D eigenvalue weighted by molar-refractivity contribution is -0.114. The molecule has 0 unspecified atom stereocenters. The molecule has 0 saturated carbocycles. The zero-order valence-electron chi connectivity index (χ0n) is 17.6. The molecule has 0 aliphatic heterocycles. The smallest absolute Gasteiger partial charge is 0.343 e. The number of carbonyl (C=O) groups excluding carboxylic acids is 2. The summed E-state index contributed by atoms with van der Waals surface area (Å²) in [6.45, 7) is 6.71. The van der Waals surface area contributed by atoms with Crippen LogP contribution in [-0.4, -0.2) is 47.7 Å². The maximum atomic E-state index is 13.0. The Balaban J connectivity index is 2.19. The second-order valence-corrected chi connectivity index (χ2v) is 6.39. The number of aryl methyl sites for hydroxylation is 1. The summed E-state index contributed by atoms with van der Waals surface area (Å²) in [6.07, 6.45) is 1.45. The van der Waals surface area contributed by atoms with Gasteiger partial charge < -0.3 is 29.2 Å². The van der Waals surface area contributed by atoms with Gasteiger partial charge in [0.25, 0.3) is 0 Å². The summed E-state index contributed by atoms with van der Waals surface area (Å²) in [5, 5.41) is 3.19. The Bertz CT molecular complexity index is 1130. The van der Waals surface area contributed by atoms with Gasteiger partial charge in [-0.2, -0.15) is 9.97 Å². The van der Waals surface area contributed by atoms with Crippen LogP contribution in [0.5, 0.6) is 23.5 Å². The van der Waals surface area contributed by atoms with E-state index in [0.29, 0.717) is 22.3 Å². The monoisotopic (exact) mass is 426 g/mol. The van der Waals surface area contributed by atoms with Crippen molar-refractivity contribution in [1.82, 2.24) is 15.0 Å². The minimum Gasteiger partial charge on any atom is -0.481 e. The van der Waals surface area contributed by atoms with Gasteiger partial charge in [-0.3, -0.25) is 4.79 Å². The standard InChI is InChI=1S/C21H22N4O6/c1-6-9-30-20(27)18-14(31-21-24-15(28-4)10-16(25-21)29-5)8-7-13-17(18)19(11(2)22-13)23-12(3)26/h6-8,10,22H,1,9H2,2-5H3,(H,23,26). The van der Waals surface area contributed by atoms with Crippen LogP contribution in [0.4, 0.5) is 5.69 Å². The van der Waals surface area contributed by atoms with Crippen LogP contribution < -0.4 is 19.5 Å². The number of nitrogens with one attached hydrogen (secondary N) is 2. The number of fused-ring (bicyclic) bond motifs is 1. The van der Waals surface area contributed by atoms with Gasteiger partial charge >= 0.3 is 12.0 Å². The van der Waals surface area contributed by atoms with E-state index in [1.165, 1.54) is 33.3 Å². The molecule has 0 atom stereocenters. The fourth-order valence-corrected chi connectivity index (χ4v) is 2.96. The second-order valence-electron chi connectivity index (χ2n) is 6.39. The lowest BCUT2D eigenvalue weighted by atomic mass is 10.1. The number of hydrogen-bond acceptors (Lipinski definition) is 8. The summed E-state index contributed by atoms with van der Waals surface area (Å²) >= 11 is 0. The Hall–Kier alpha value is -4.08. The van der Waals surface area contributed by atoms with Crippen LogP contribution in [0.25, 0.3) is 10.9 Å². The van der Waals surface area contributed by atoms with Crippen molar-refractivity contribution < 1.29 is 28.5 Å². The first-order valence-electron chi connectivity index (χ1n) is 9.23. The Kier molecular flexibility index (Phi) is 6.39. The number of rotatable bonds is 8. The van der Waals surface area contributed by atoms with E-state index in [2.05, 4.69) is 26.8 Å². The maximum Gasteiger partial charge on any atom is 0.343 e. The van der Waals surface area contributed by atoms with Crippen molar-refractivity contribution in [2.45, 2.75) is 13.8 Å². The molecule has 0 aliphatic rings. The molecule has 0 bridgehead atoms. The number of methoxy groups -OCH3 is 2. The van der Waals surface area contributed by atoms with E-state index in [4.69, 9.17) is 18.9 Å². The van der Waals surface area contributed by atoms with Crippen LogP contribution in [0.15, 0.2) is 30.9 Å². The molecule has 3 rings (SSSR count). The van der Waals surface area contributed by atoms with Gasteiger partial charge in [0.05, 0.1) is 26.0 Å². The third-order valence-electron chi connectivity index (χ3n) is 4.23. The Morgan fingerprint density at radius 2 is 1.87 bits per heavy atom. The topological polar surface area (TPSA) is 125 Å². The van der Waals surface area contributed by atoms with Gasteiger partial charge in [-0.25, -0.2) is 4.79 Å². The number of amides is 1. The molecule has 0 saturated heterocycles. The highest BCUT2D eigenvalue weighted by molar-refractivity contribution is 6.14. The molecule has 10 heteroatoms. The van der Waals surface area contributed by atoms with Crippen LogP contribution in [0, 0.1) is 6.92 Å². The number of H-pyrrole nitrogens is 1. The number of carbonyl (C=O) groups is 2. The average molecular weight is 426 g/mol. The summed E-state index contributed by atoms with van der Waals surface area (Å²) in [7, 11) is 2.88. The number of nitrogens with zero attached hydrogens (tertiary/aromatic N) is 2. The summed E-state index contributed by atoms with van der Waals surface area (Å²) in [5.74, 6) is -0.393. The molecule has 1 amide bonds. The maximum absolute atomic E-state index is 13.0. The van der Waals surface area contributed by atoms with Gasteiger partial charge in [-0.1, -0.05) is 12.7 Å². The molecule has 2 N–H and O–H groups in total. The first-order valence-corrected chi connectivity index (χ1v) is 9.23. The molecule has 2 heterocycles. The number of anilines is 1. The average Bonchev–Trinajstić information content (AvgIpc) is 3.06. The third kappa shape index (κ3) is 4.58. The SMILES string of the molecule is C=CCOC(=O)c1c(Oc2nc(OC)cc(OC)n2)ccc2[nH]c(C)c(NC(C)=O)c12. The highest BCUT2D eigenvalue weighted by atomic mass is 16.5. The summed E-state index contributed by atoms with van der Waals surface area (Å²) in [5.41, 5.74) is 1.82. The molecule has 10 nitrogen and oxygen atoms in total. The molecule has 1 aromatic carbocycles. The molecule has 0 fully saturated rings. The molecule has 3 aromatic rings. The van der Waals surface area contributed by atoms with Crippen molar-refractivity contribution in [2.75, 3.05) is 26.1 Å². The van der Waals surface area contributed by atoms with Crippen molar-refractivity contribution >= 4 is 28.5 Å². The Morgan fingerprint density at radius 1 is 1.19 bits per heavy atom. The van der Waals surface area contributed by atoms with E-state index in [0.717, 1.165) is 0 Å². The predicted octanol–water partition coefficient (Wildman–Crippen LogP) is 3.38. The van der Waals surface area contributed by atoms with Crippen LogP contribution in [0.1, 0.15) is 23.0 Å². The van der Waals surface area contributed by atoms with E-state index in [-0.39, 0.29) is 41.6 Å². The summed E-state index contributed by atoms with van der Waals surface area (Å²) < 4.78 is 21.4. The highest BCUT2D eigenvalue weighted by Crippen LogP contribution is 2.38. The molecule has 0 aliphatic carbocycles. The van der Waals surface area contributed by atoms with Gasteiger partial charge in [0.15, 0.2) is 0 Å². The van der Waals surface area contributed by atoms with Crippen molar-refractivity contribution in [1.29, 1.82) is 0 Å². The minimum absolute atomic E-state index is 0.00296. The zero-order valence-corrected chi connectivity index (χ0v) is 17.6. The van der Waals surface area contributed by atoms with Crippen LogP contribution in [-0.2, 0) is 9.53 Å². The van der Waals surface area contributed by atoms with Gasteiger partial charge in [0, 0.05) is 23.5 Å². The number of aromatic nitrogens is 3. The number of hydrogen-bond donors (Lipinski definition) is 2. The van der Waals surface area contributed by atoms with E-state index in [1.807, 2.05) is 0 Å². The summed E-state index contributed by atoms with van der Waals surface area (Å²) in [4.78, 5) is 36.1. The molecule has 0 spiro atoms. The van der Waals surface area contributed by atoms with Crippen molar-refractivity contribution in [3.05, 3.63) is 42.1 Å². The second kappa shape index (κ2) is 9.16. The van der Waals surface area contributed by atoms with Crippen LogP contribution in [0.3, 0.4) is 0 Å². The molecule has 0 radical (unpaired) electrons. The Morgan fingerprint density at radius 3 is 2.45 bits per heavy atom. The van der Waals surface area contributed by atoms with Gasteiger partial charge in [0.1, 0.15) is 17.9 Å². The van der Waals surface area contributed by atoms with Gasteiger partial charge in [0.2, 0.25) is 17.7 Å². The van der Waals surface area contributed by atoms with Crippen LogP contribution in [0.2, 0.25) is 0 Å². The first-order chi connectivity index (χ1) is 14.9. The van der Waals surface area contributed by atoms with Crippen LogP contribution >= 0.6 is 0 Å². The molecule has 31 heavy (non-hydrogen) atoms. The number of benzene rings is 1. The zero-order chi connectivity index (χ0) is 22.5. The normalized spacial score (nSPS) is 10.5. The van der Waals surface area contributed by atoms with Crippen molar-refractivity contribution in [2.24, 2.45) is 0 Å². The molecule has 2 aromatic heterocycles. The lowest BCUT2D eigenvalue weighted by Crippen LogP contribution is -2.11. The molecular weight excluding hydrogens is 404 g/mol. The lowest BCUT2D eigenvalue weighted by Gasteiger charge is -2.13. The van der Waals surface area contributed by atoms with Crippen molar-refractivity contribution in [3.8, 4) is 23.5 Å². The highest BCUT2D eigenvalue weighted by Gasteiger charge is 2.25. The van der Waals surface area contributed by atoms with E-state index in [9.17, 15) is 9.59 Å². The van der Waals surface area contributed by atoms with E-state index in [1.54, 1.807) is 19.1 Å². The molecule has 162 valence electrons. The molecular formula is C21H22N4O6. The number of esters is 1. The predicted molar refractivity (Wildman–Crippen MR) is 113 cm³/mol. The largest absolute Gasteiger partial charge is 0.481 e. The summed E-state index contributed by atoms with van der Waals surface area (Å²) in [6, 6.07) is 4.68.